The first kappa shape index (κ1) is 17.7. The molecule has 1 unspecified atom stereocenters. The molecule has 1 aliphatic carbocycles. The third-order valence-corrected chi connectivity index (χ3v) is 5.72. The summed E-state index contributed by atoms with van der Waals surface area (Å²) in [5.74, 6) is -0.224. The van der Waals surface area contributed by atoms with E-state index < -0.39 is 0 Å². The number of anilines is 1. The predicted octanol–water partition coefficient (Wildman–Crippen LogP) is 4.93. The first-order chi connectivity index (χ1) is 12.0. The number of carbonyl (C=O) groups is 2. The number of rotatable bonds is 4. The fraction of sp³-hybridized carbons (Fsp3) is 0.400. The van der Waals surface area contributed by atoms with E-state index in [0.717, 1.165) is 30.4 Å². The van der Waals surface area contributed by atoms with Gasteiger partial charge >= 0.3 is 5.97 Å². The molecule has 0 aliphatic heterocycles. The van der Waals surface area contributed by atoms with Crippen LogP contribution in [-0.4, -0.2) is 18.5 Å². The second-order valence-corrected chi connectivity index (χ2v) is 7.59. The number of nitrogens with one attached hydrogen (secondary N) is 1. The van der Waals surface area contributed by atoms with E-state index in [1.165, 1.54) is 16.2 Å². The molecule has 1 heterocycles. The molecule has 0 bridgehead atoms. The van der Waals surface area contributed by atoms with Crippen molar-refractivity contribution in [3.8, 4) is 0 Å². The van der Waals surface area contributed by atoms with Crippen molar-refractivity contribution in [2.45, 2.75) is 46.0 Å². The van der Waals surface area contributed by atoms with E-state index in [0.29, 0.717) is 28.7 Å². The zero-order valence-corrected chi connectivity index (χ0v) is 15.7. The molecule has 0 saturated heterocycles. The molecular formula is C20H23NO3S. The molecule has 1 atom stereocenters. The molecule has 25 heavy (non-hydrogen) atoms. The Morgan fingerprint density at radius 1 is 1.36 bits per heavy atom. The van der Waals surface area contributed by atoms with E-state index >= 15 is 0 Å². The van der Waals surface area contributed by atoms with Gasteiger partial charge in [-0.15, -0.1) is 11.3 Å². The van der Waals surface area contributed by atoms with Crippen molar-refractivity contribution < 1.29 is 14.3 Å². The van der Waals surface area contributed by atoms with Gasteiger partial charge in [0.05, 0.1) is 12.2 Å². The molecule has 0 radical (unpaired) electrons. The van der Waals surface area contributed by atoms with Crippen LogP contribution in [0.1, 0.15) is 69.3 Å². The molecule has 1 N–H and O–H groups in total. The first-order valence-electron chi connectivity index (χ1n) is 8.72. The van der Waals surface area contributed by atoms with Gasteiger partial charge in [-0.3, -0.25) is 4.79 Å². The average molecular weight is 357 g/mol. The Kier molecular flexibility index (Phi) is 5.23. The van der Waals surface area contributed by atoms with Crippen LogP contribution in [0, 0.1) is 6.92 Å². The van der Waals surface area contributed by atoms with Crippen LogP contribution in [0.2, 0.25) is 0 Å². The minimum absolute atomic E-state index is 0.194. The van der Waals surface area contributed by atoms with Gasteiger partial charge in [-0.1, -0.05) is 24.6 Å². The molecule has 3 rings (SSSR count). The summed E-state index contributed by atoms with van der Waals surface area (Å²) in [6, 6.07) is 7.43. The van der Waals surface area contributed by atoms with Crippen LogP contribution in [0.4, 0.5) is 5.00 Å². The molecular weight excluding hydrogens is 334 g/mol. The van der Waals surface area contributed by atoms with Crippen LogP contribution in [0.3, 0.4) is 0 Å². The third kappa shape index (κ3) is 3.61. The fourth-order valence-corrected chi connectivity index (χ4v) is 4.71. The van der Waals surface area contributed by atoms with Gasteiger partial charge in [0.15, 0.2) is 0 Å². The normalized spacial score (nSPS) is 16.2. The maximum Gasteiger partial charge on any atom is 0.341 e. The van der Waals surface area contributed by atoms with Crippen molar-refractivity contribution in [2.75, 3.05) is 11.9 Å². The lowest BCUT2D eigenvalue weighted by molar-refractivity contribution is 0.0526. The number of amides is 1. The second kappa shape index (κ2) is 7.40. The highest BCUT2D eigenvalue weighted by molar-refractivity contribution is 7.17. The maximum absolute atomic E-state index is 12.6. The summed E-state index contributed by atoms with van der Waals surface area (Å²) in [6.07, 6.45) is 3.13. The van der Waals surface area contributed by atoms with Crippen LogP contribution in [0.25, 0.3) is 0 Å². The number of esters is 1. The van der Waals surface area contributed by atoms with E-state index in [-0.39, 0.29) is 11.9 Å². The Morgan fingerprint density at radius 2 is 2.16 bits per heavy atom. The minimum Gasteiger partial charge on any atom is -0.462 e. The van der Waals surface area contributed by atoms with E-state index in [1.54, 1.807) is 13.0 Å². The Balaban J connectivity index is 1.98. The zero-order valence-electron chi connectivity index (χ0n) is 14.8. The fourth-order valence-electron chi connectivity index (χ4n) is 3.37. The molecule has 1 aromatic heterocycles. The highest BCUT2D eigenvalue weighted by Crippen LogP contribution is 2.43. The lowest BCUT2D eigenvalue weighted by Gasteiger charge is -2.19. The molecule has 0 saturated carbocycles. The standard InChI is InChI=1S/C20H23NO3S/c1-4-24-20(23)17-16-13(3)8-6-10-15(16)25-19(17)21-18(22)14-9-5-7-12(2)11-14/h5,7,9,11,13H,4,6,8,10H2,1-3H3,(H,21,22). The van der Waals surface area contributed by atoms with Crippen molar-refractivity contribution in [1.82, 2.24) is 0 Å². The van der Waals surface area contributed by atoms with Gasteiger partial charge in [0.25, 0.3) is 5.91 Å². The number of fused-ring (bicyclic) bond motifs is 1. The van der Waals surface area contributed by atoms with Crippen molar-refractivity contribution in [3.63, 3.8) is 0 Å². The monoisotopic (exact) mass is 357 g/mol. The number of hydrogen-bond acceptors (Lipinski definition) is 4. The minimum atomic E-state index is -0.340. The molecule has 1 amide bonds. The Hall–Kier alpha value is -2.14. The first-order valence-corrected chi connectivity index (χ1v) is 9.53. The number of benzene rings is 1. The van der Waals surface area contributed by atoms with E-state index in [9.17, 15) is 9.59 Å². The summed E-state index contributed by atoms with van der Waals surface area (Å²) in [5.41, 5.74) is 3.23. The van der Waals surface area contributed by atoms with Crippen LogP contribution in [0.15, 0.2) is 24.3 Å². The molecule has 0 fully saturated rings. The van der Waals surface area contributed by atoms with Gasteiger partial charge in [0, 0.05) is 10.4 Å². The lowest BCUT2D eigenvalue weighted by atomic mass is 9.86. The molecule has 2 aromatic rings. The smallest absolute Gasteiger partial charge is 0.341 e. The Morgan fingerprint density at radius 3 is 2.88 bits per heavy atom. The summed E-state index contributed by atoms with van der Waals surface area (Å²) in [7, 11) is 0. The molecule has 0 spiro atoms. The summed E-state index contributed by atoms with van der Waals surface area (Å²) in [4.78, 5) is 26.4. The summed E-state index contributed by atoms with van der Waals surface area (Å²) < 4.78 is 5.26. The van der Waals surface area contributed by atoms with Crippen LogP contribution >= 0.6 is 11.3 Å². The number of carbonyl (C=O) groups excluding carboxylic acids is 2. The van der Waals surface area contributed by atoms with E-state index in [4.69, 9.17) is 4.74 Å². The number of aryl methyl sites for hydroxylation is 2. The van der Waals surface area contributed by atoms with E-state index in [2.05, 4.69) is 12.2 Å². The van der Waals surface area contributed by atoms with Crippen molar-refractivity contribution >= 4 is 28.2 Å². The Bertz CT molecular complexity index is 809. The van der Waals surface area contributed by atoms with Gasteiger partial charge in [0.1, 0.15) is 5.00 Å². The molecule has 1 aromatic carbocycles. The number of thiophene rings is 1. The van der Waals surface area contributed by atoms with Crippen LogP contribution in [-0.2, 0) is 11.2 Å². The van der Waals surface area contributed by atoms with E-state index in [1.807, 2.05) is 25.1 Å². The van der Waals surface area contributed by atoms with Gasteiger partial charge in [-0.05, 0) is 56.7 Å². The predicted molar refractivity (Wildman–Crippen MR) is 101 cm³/mol. The highest BCUT2D eigenvalue weighted by atomic mass is 32.1. The summed E-state index contributed by atoms with van der Waals surface area (Å²) >= 11 is 1.51. The lowest BCUT2D eigenvalue weighted by Crippen LogP contribution is -2.16. The summed E-state index contributed by atoms with van der Waals surface area (Å²) in [5, 5.41) is 3.56. The van der Waals surface area contributed by atoms with Gasteiger partial charge in [-0.2, -0.15) is 0 Å². The highest BCUT2D eigenvalue weighted by Gasteiger charge is 2.30. The van der Waals surface area contributed by atoms with Crippen LogP contribution < -0.4 is 5.32 Å². The maximum atomic E-state index is 12.6. The number of ether oxygens (including phenoxy) is 1. The molecule has 5 heteroatoms. The third-order valence-electron chi connectivity index (χ3n) is 4.54. The van der Waals surface area contributed by atoms with Gasteiger partial charge < -0.3 is 10.1 Å². The number of hydrogen-bond donors (Lipinski definition) is 1. The molecule has 4 nitrogen and oxygen atoms in total. The molecule has 1 aliphatic rings. The van der Waals surface area contributed by atoms with Crippen molar-refractivity contribution in [2.24, 2.45) is 0 Å². The van der Waals surface area contributed by atoms with Crippen LogP contribution in [0.5, 0.6) is 0 Å². The average Bonchev–Trinajstić information content (AvgIpc) is 2.94. The second-order valence-electron chi connectivity index (χ2n) is 6.48. The summed E-state index contributed by atoms with van der Waals surface area (Å²) in [6.45, 7) is 6.21. The Labute approximate surface area is 152 Å². The SMILES string of the molecule is CCOC(=O)c1c(NC(=O)c2cccc(C)c2)sc2c1C(C)CCC2. The van der Waals surface area contributed by atoms with Gasteiger partial charge in [0.2, 0.25) is 0 Å². The quantitative estimate of drug-likeness (QED) is 0.790. The topological polar surface area (TPSA) is 55.4 Å². The van der Waals surface area contributed by atoms with Crippen molar-refractivity contribution in [1.29, 1.82) is 0 Å². The van der Waals surface area contributed by atoms with Crippen molar-refractivity contribution in [3.05, 3.63) is 51.4 Å². The van der Waals surface area contributed by atoms with Gasteiger partial charge in [-0.25, -0.2) is 4.79 Å². The zero-order chi connectivity index (χ0) is 18.0. The molecule has 132 valence electrons. The largest absolute Gasteiger partial charge is 0.462 e.